The Balaban J connectivity index is 1.63. The van der Waals surface area contributed by atoms with E-state index in [0.29, 0.717) is 13.0 Å². The zero-order valence-electron chi connectivity index (χ0n) is 19.7. The van der Waals surface area contributed by atoms with E-state index < -0.39 is 0 Å². The van der Waals surface area contributed by atoms with Crippen LogP contribution >= 0.6 is 11.6 Å². The molecule has 33 heavy (non-hydrogen) atoms. The van der Waals surface area contributed by atoms with E-state index in [4.69, 9.17) is 11.6 Å². The molecule has 0 heterocycles. The van der Waals surface area contributed by atoms with Crippen LogP contribution in [-0.4, -0.2) is 23.4 Å². The van der Waals surface area contributed by atoms with Gasteiger partial charge in [0.05, 0.1) is 0 Å². The highest BCUT2D eigenvalue weighted by molar-refractivity contribution is 6.31. The normalized spacial score (nSPS) is 12.0. The van der Waals surface area contributed by atoms with Crippen LogP contribution in [0.5, 0.6) is 0 Å². The first-order valence-corrected chi connectivity index (χ1v) is 12.2. The molecule has 0 aliphatic rings. The predicted octanol–water partition coefficient (Wildman–Crippen LogP) is 6.82. The first-order valence-electron chi connectivity index (χ1n) is 11.9. The summed E-state index contributed by atoms with van der Waals surface area (Å²) in [5, 5.41) is 4.26. The first-order chi connectivity index (χ1) is 16.0. The maximum atomic E-state index is 13.4. The molecule has 1 N–H and O–H groups in total. The number of rotatable bonds is 12. The Labute approximate surface area is 203 Å². The fourth-order valence-corrected chi connectivity index (χ4v) is 4.43. The van der Waals surface area contributed by atoms with Crippen molar-refractivity contribution in [1.29, 1.82) is 0 Å². The minimum atomic E-state index is 0.0988. The largest absolute Gasteiger partial charge is 0.336 e. The molecule has 174 valence electrons. The topological polar surface area (TPSA) is 32.3 Å². The summed E-state index contributed by atoms with van der Waals surface area (Å²) in [4.78, 5) is 15.4. The van der Waals surface area contributed by atoms with Crippen LogP contribution in [0.15, 0.2) is 84.9 Å². The van der Waals surface area contributed by atoms with Crippen LogP contribution in [0, 0.1) is 0 Å². The van der Waals surface area contributed by atoms with Crippen molar-refractivity contribution in [3.63, 3.8) is 0 Å². The summed E-state index contributed by atoms with van der Waals surface area (Å²) in [6.45, 7) is 6.56. The van der Waals surface area contributed by atoms with Crippen molar-refractivity contribution in [2.45, 2.75) is 58.2 Å². The number of hydrogen-bond acceptors (Lipinski definition) is 2. The van der Waals surface area contributed by atoms with Gasteiger partial charge in [-0.15, -0.1) is 0 Å². The Kier molecular flexibility index (Phi) is 9.99. The summed E-state index contributed by atoms with van der Waals surface area (Å²) in [6, 6.07) is 28.7. The molecule has 0 aromatic heterocycles. The molecule has 0 aliphatic carbocycles. The molecule has 3 aromatic carbocycles. The fraction of sp³-hybridized carbons (Fsp3) is 0.345. The smallest absolute Gasteiger partial charge is 0.223 e. The van der Waals surface area contributed by atoms with Crippen molar-refractivity contribution >= 4 is 17.5 Å². The number of amides is 1. The molecule has 0 unspecified atom stereocenters. The first kappa shape index (κ1) is 25.0. The molecule has 0 saturated carbocycles. The number of benzene rings is 3. The molecule has 0 aliphatic heterocycles. The molecule has 3 aromatic rings. The number of halogens is 1. The summed E-state index contributed by atoms with van der Waals surface area (Å²) in [6.07, 6.45) is 2.36. The van der Waals surface area contributed by atoms with Crippen LogP contribution in [0.2, 0.25) is 5.02 Å². The molecule has 1 amide bonds. The van der Waals surface area contributed by atoms with Gasteiger partial charge in [-0.25, -0.2) is 0 Å². The van der Waals surface area contributed by atoms with Gasteiger partial charge in [-0.05, 0) is 61.9 Å². The van der Waals surface area contributed by atoms with Gasteiger partial charge >= 0.3 is 0 Å². The average Bonchev–Trinajstić information content (AvgIpc) is 2.83. The van der Waals surface area contributed by atoms with Gasteiger partial charge in [0.25, 0.3) is 0 Å². The van der Waals surface area contributed by atoms with E-state index in [1.165, 1.54) is 5.56 Å². The van der Waals surface area contributed by atoms with Gasteiger partial charge in [0.2, 0.25) is 5.91 Å². The minimum absolute atomic E-state index is 0.0988. The van der Waals surface area contributed by atoms with Crippen molar-refractivity contribution in [2.75, 3.05) is 6.54 Å². The van der Waals surface area contributed by atoms with E-state index in [0.717, 1.165) is 42.1 Å². The molecule has 0 saturated heterocycles. The summed E-state index contributed by atoms with van der Waals surface area (Å²) >= 11 is 6.55. The minimum Gasteiger partial charge on any atom is -0.336 e. The molecule has 0 spiro atoms. The Morgan fingerprint density at radius 3 is 2.12 bits per heavy atom. The van der Waals surface area contributed by atoms with Crippen molar-refractivity contribution in [3.8, 4) is 0 Å². The molecule has 1 atom stereocenters. The second-order valence-electron chi connectivity index (χ2n) is 8.83. The second kappa shape index (κ2) is 13.2. The molecule has 4 heteroatoms. The number of nitrogens with zero attached hydrogens (tertiary/aromatic N) is 1. The van der Waals surface area contributed by atoms with E-state index in [9.17, 15) is 4.79 Å². The van der Waals surface area contributed by atoms with Gasteiger partial charge < -0.3 is 10.2 Å². The van der Waals surface area contributed by atoms with E-state index >= 15 is 0 Å². The van der Waals surface area contributed by atoms with Crippen molar-refractivity contribution in [3.05, 3.63) is 107 Å². The SMILES string of the molecule is CC(C)N(Cc1ccccc1)C(=O)C[C@@H](CCCNCc1ccccc1)c1ccccc1Cl. The molecular weight excluding hydrogens is 428 g/mol. The summed E-state index contributed by atoms with van der Waals surface area (Å²) in [5.74, 6) is 0.276. The maximum Gasteiger partial charge on any atom is 0.223 e. The highest BCUT2D eigenvalue weighted by Crippen LogP contribution is 2.31. The Morgan fingerprint density at radius 1 is 0.879 bits per heavy atom. The van der Waals surface area contributed by atoms with Gasteiger partial charge in [0, 0.05) is 30.6 Å². The van der Waals surface area contributed by atoms with Crippen LogP contribution < -0.4 is 5.32 Å². The Bertz CT molecular complexity index is 975. The molecular formula is C29H35ClN2O. The molecule has 0 radical (unpaired) electrons. The number of nitrogens with one attached hydrogen (secondary N) is 1. The quantitative estimate of drug-likeness (QED) is 0.299. The van der Waals surface area contributed by atoms with E-state index in [1.54, 1.807) is 0 Å². The van der Waals surface area contributed by atoms with Gasteiger partial charge in [0.15, 0.2) is 0 Å². The molecule has 0 bridgehead atoms. The molecule has 3 rings (SSSR count). The van der Waals surface area contributed by atoms with Crippen LogP contribution in [0.4, 0.5) is 0 Å². The highest BCUT2D eigenvalue weighted by Gasteiger charge is 2.23. The monoisotopic (exact) mass is 462 g/mol. The zero-order chi connectivity index (χ0) is 23.5. The van der Waals surface area contributed by atoms with E-state index in [-0.39, 0.29) is 17.9 Å². The summed E-state index contributed by atoms with van der Waals surface area (Å²) in [7, 11) is 0. The third-order valence-electron chi connectivity index (χ3n) is 5.98. The van der Waals surface area contributed by atoms with Crippen LogP contribution in [0.1, 0.15) is 55.7 Å². The molecule has 0 fully saturated rings. The van der Waals surface area contributed by atoms with Gasteiger partial charge in [0.1, 0.15) is 0 Å². The van der Waals surface area contributed by atoms with E-state index in [2.05, 4.69) is 61.6 Å². The van der Waals surface area contributed by atoms with E-state index in [1.807, 2.05) is 47.4 Å². The lowest BCUT2D eigenvalue weighted by Crippen LogP contribution is -2.37. The van der Waals surface area contributed by atoms with Crippen LogP contribution in [0.25, 0.3) is 0 Å². The third kappa shape index (κ3) is 8.03. The number of carbonyl (C=O) groups excluding carboxylic acids is 1. The number of carbonyl (C=O) groups is 1. The number of hydrogen-bond donors (Lipinski definition) is 1. The lowest BCUT2D eigenvalue weighted by atomic mass is 9.90. The van der Waals surface area contributed by atoms with Crippen molar-refractivity contribution < 1.29 is 4.79 Å². The lowest BCUT2D eigenvalue weighted by Gasteiger charge is -2.29. The zero-order valence-corrected chi connectivity index (χ0v) is 20.5. The maximum absolute atomic E-state index is 13.4. The lowest BCUT2D eigenvalue weighted by molar-refractivity contribution is -0.134. The van der Waals surface area contributed by atoms with Gasteiger partial charge in [-0.3, -0.25) is 4.79 Å². The highest BCUT2D eigenvalue weighted by atomic mass is 35.5. The molecule has 3 nitrogen and oxygen atoms in total. The average molecular weight is 463 g/mol. The predicted molar refractivity (Wildman–Crippen MR) is 138 cm³/mol. The third-order valence-corrected chi connectivity index (χ3v) is 6.33. The summed E-state index contributed by atoms with van der Waals surface area (Å²) in [5.41, 5.74) is 3.50. The Hall–Kier alpha value is -2.62. The van der Waals surface area contributed by atoms with Crippen LogP contribution in [0.3, 0.4) is 0 Å². The van der Waals surface area contributed by atoms with Crippen molar-refractivity contribution in [1.82, 2.24) is 10.2 Å². The fourth-order valence-electron chi connectivity index (χ4n) is 4.14. The van der Waals surface area contributed by atoms with Crippen LogP contribution in [-0.2, 0) is 17.9 Å². The summed E-state index contributed by atoms with van der Waals surface area (Å²) < 4.78 is 0. The second-order valence-corrected chi connectivity index (χ2v) is 9.24. The Morgan fingerprint density at radius 2 is 1.48 bits per heavy atom. The van der Waals surface area contributed by atoms with Crippen molar-refractivity contribution in [2.24, 2.45) is 0 Å². The van der Waals surface area contributed by atoms with Gasteiger partial charge in [-0.2, -0.15) is 0 Å². The van der Waals surface area contributed by atoms with Gasteiger partial charge in [-0.1, -0.05) is 90.5 Å². The standard InChI is InChI=1S/C29H35ClN2O/c1-23(2)32(22-25-14-7-4-8-15-25)29(33)20-26(27-17-9-10-18-28(27)30)16-11-19-31-21-24-12-5-3-6-13-24/h3-10,12-15,17-18,23,26,31H,11,16,19-22H2,1-2H3/t26-/m1/s1.